The van der Waals surface area contributed by atoms with Crippen LogP contribution in [-0.4, -0.2) is 18.9 Å². The summed E-state index contributed by atoms with van der Waals surface area (Å²) in [6.07, 6.45) is 1.41. The fourth-order valence-electron chi connectivity index (χ4n) is 1.93. The summed E-state index contributed by atoms with van der Waals surface area (Å²) < 4.78 is 23.3. The van der Waals surface area contributed by atoms with E-state index in [1.54, 1.807) is 0 Å². The summed E-state index contributed by atoms with van der Waals surface area (Å²) in [4.78, 5) is 0. The molecule has 0 heterocycles. The quantitative estimate of drug-likeness (QED) is 0.730. The summed E-state index contributed by atoms with van der Waals surface area (Å²) in [6, 6.07) is 0. The van der Waals surface area contributed by atoms with Gasteiger partial charge in [-0.3, -0.25) is 0 Å². The molecule has 0 aliphatic carbocycles. The monoisotopic (exact) mass is 220 g/mol. The van der Waals surface area contributed by atoms with E-state index in [0.717, 1.165) is 0 Å². The first-order valence-corrected chi connectivity index (χ1v) is 6.89. The van der Waals surface area contributed by atoms with Crippen molar-refractivity contribution in [1.82, 2.24) is 0 Å². The van der Waals surface area contributed by atoms with Gasteiger partial charge in [0, 0.05) is 0 Å². The second kappa shape index (κ2) is 4.21. The van der Waals surface area contributed by atoms with Crippen LogP contribution in [0.1, 0.15) is 54.4 Å². The molecule has 0 aliphatic rings. The molecule has 0 unspecified atom stereocenters. The van der Waals surface area contributed by atoms with E-state index in [4.69, 9.17) is 0 Å². The molecule has 0 atom stereocenters. The average Bonchev–Trinajstić information content (AvgIpc) is 1.79. The normalized spacial score (nSPS) is 14.4. The van der Waals surface area contributed by atoms with Gasteiger partial charge in [0.2, 0.25) is 0 Å². The molecule has 0 aromatic heterocycles. The summed E-state index contributed by atoms with van der Waals surface area (Å²) in [5.74, 6) is 0.302. The van der Waals surface area contributed by atoms with Gasteiger partial charge in [0.1, 0.15) is 0 Å². The standard InChI is InChI=1S/C11H24O2S/c1-7-8-14(12,13)11(5,6)9-10(2,3)4/h7-9H2,1-6H3. The summed E-state index contributed by atoms with van der Waals surface area (Å²) in [5, 5.41) is 0. The van der Waals surface area contributed by atoms with Crippen LogP contribution in [0.25, 0.3) is 0 Å². The van der Waals surface area contributed by atoms with E-state index in [1.165, 1.54) is 0 Å². The minimum atomic E-state index is -2.94. The van der Waals surface area contributed by atoms with Crippen molar-refractivity contribution in [2.75, 3.05) is 5.75 Å². The van der Waals surface area contributed by atoms with E-state index in [1.807, 2.05) is 20.8 Å². The minimum absolute atomic E-state index is 0.0598. The third-order valence-electron chi connectivity index (χ3n) is 2.27. The Kier molecular flexibility index (Phi) is 4.20. The zero-order valence-corrected chi connectivity index (χ0v) is 11.2. The van der Waals surface area contributed by atoms with Crippen LogP contribution in [0, 0.1) is 5.41 Å². The Labute approximate surface area is 89.0 Å². The third kappa shape index (κ3) is 3.99. The zero-order chi connectivity index (χ0) is 11.6. The van der Waals surface area contributed by atoms with Gasteiger partial charge in [-0.2, -0.15) is 0 Å². The average molecular weight is 220 g/mol. The molecule has 0 aromatic rings. The maximum Gasteiger partial charge on any atom is 0.155 e. The van der Waals surface area contributed by atoms with Crippen LogP contribution in [0.5, 0.6) is 0 Å². The third-order valence-corrected chi connectivity index (χ3v) is 5.04. The van der Waals surface area contributed by atoms with Crippen LogP contribution >= 0.6 is 0 Å². The van der Waals surface area contributed by atoms with Gasteiger partial charge in [0.25, 0.3) is 0 Å². The van der Waals surface area contributed by atoms with Gasteiger partial charge in [0.15, 0.2) is 9.84 Å². The number of sulfone groups is 1. The van der Waals surface area contributed by atoms with Crippen LogP contribution in [-0.2, 0) is 9.84 Å². The van der Waals surface area contributed by atoms with E-state index in [9.17, 15) is 8.42 Å². The first-order chi connectivity index (χ1) is 6.02. The van der Waals surface area contributed by atoms with E-state index in [0.29, 0.717) is 18.6 Å². The van der Waals surface area contributed by atoms with Gasteiger partial charge in [0.05, 0.1) is 10.5 Å². The lowest BCUT2D eigenvalue weighted by Gasteiger charge is -2.31. The molecule has 3 heteroatoms. The minimum Gasteiger partial charge on any atom is -0.228 e. The summed E-state index contributed by atoms with van der Waals surface area (Å²) in [6.45, 7) is 11.8. The maximum atomic E-state index is 11.9. The van der Waals surface area contributed by atoms with Crippen molar-refractivity contribution in [3.63, 3.8) is 0 Å². The maximum absolute atomic E-state index is 11.9. The Bertz CT molecular complexity index is 268. The van der Waals surface area contributed by atoms with Crippen LogP contribution in [0.15, 0.2) is 0 Å². The molecule has 0 N–H and O–H groups in total. The SMILES string of the molecule is CCCS(=O)(=O)C(C)(C)CC(C)(C)C. The van der Waals surface area contributed by atoms with E-state index in [-0.39, 0.29) is 5.41 Å². The predicted octanol–water partition coefficient (Wildman–Crippen LogP) is 3.03. The molecule has 0 rings (SSSR count). The molecule has 0 aliphatic heterocycles. The molecule has 2 nitrogen and oxygen atoms in total. The highest BCUT2D eigenvalue weighted by atomic mass is 32.2. The van der Waals surface area contributed by atoms with Crippen LogP contribution < -0.4 is 0 Å². The Morgan fingerprint density at radius 3 is 1.71 bits per heavy atom. The van der Waals surface area contributed by atoms with Crippen molar-refractivity contribution in [2.24, 2.45) is 5.41 Å². The van der Waals surface area contributed by atoms with Gasteiger partial charge in [-0.25, -0.2) is 8.42 Å². The largest absolute Gasteiger partial charge is 0.228 e. The van der Waals surface area contributed by atoms with Crippen LogP contribution in [0.2, 0.25) is 0 Å². The molecule has 0 radical (unpaired) electrons. The molecule has 0 aromatic carbocycles. The van der Waals surface area contributed by atoms with Gasteiger partial charge in [-0.15, -0.1) is 0 Å². The highest BCUT2D eigenvalue weighted by molar-refractivity contribution is 7.92. The van der Waals surface area contributed by atoms with Crippen molar-refractivity contribution in [3.05, 3.63) is 0 Å². The highest BCUT2D eigenvalue weighted by Gasteiger charge is 2.36. The molecule has 0 fully saturated rings. The van der Waals surface area contributed by atoms with Gasteiger partial charge >= 0.3 is 0 Å². The van der Waals surface area contributed by atoms with Crippen molar-refractivity contribution >= 4 is 9.84 Å². The lowest BCUT2D eigenvalue weighted by molar-refractivity contribution is 0.329. The lowest BCUT2D eigenvalue weighted by Crippen LogP contribution is -2.37. The molecular weight excluding hydrogens is 196 g/mol. The fraction of sp³-hybridized carbons (Fsp3) is 1.00. The van der Waals surface area contributed by atoms with Crippen molar-refractivity contribution in [3.8, 4) is 0 Å². The van der Waals surface area contributed by atoms with E-state index >= 15 is 0 Å². The molecule has 0 spiro atoms. The molecule has 14 heavy (non-hydrogen) atoms. The van der Waals surface area contributed by atoms with E-state index in [2.05, 4.69) is 20.8 Å². The topological polar surface area (TPSA) is 34.1 Å². The number of hydrogen-bond acceptors (Lipinski definition) is 2. The first-order valence-electron chi connectivity index (χ1n) is 5.24. The van der Waals surface area contributed by atoms with Crippen molar-refractivity contribution in [1.29, 1.82) is 0 Å². The Morgan fingerprint density at radius 1 is 1.00 bits per heavy atom. The smallest absolute Gasteiger partial charge is 0.155 e. The lowest BCUT2D eigenvalue weighted by atomic mass is 9.86. The van der Waals surface area contributed by atoms with Crippen molar-refractivity contribution < 1.29 is 8.42 Å². The molecule has 0 saturated carbocycles. The van der Waals surface area contributed by atoms with Crippen LogP contribution in [0.4, 0.5) is 0 Å². The Balaban J connectivity index is 4.79. The summed E-state index contributed by atoms with van der Waals surface area (Å²) >= 11 is 0. The molecular formula is C11H24O2S. The van der Waals surface area contributed by atoms with Crippen LogP contribution in [0.3, 0.4) is 0 Å². The fourth-order valence-corrected chi connectivity index (χ4v) is 3.68. The Hall–Kier alpha value is -0.0500. The molecule has 0 bridgehead atoms. The van der Waals surface area contributed by atoms with E-state index < -0.39 is 14.6 Å². The summed E-state index contributed by atoms with van der Waals surface area (Å²) in [5.41, 5.74) is 0.0598. The van der Waals surface area contributed by atoms with Gasteiger partial charge in [-0.05, 0) is 32.1 Å². The predicted molar refractivity (Wildman–Crippen MR) is 62.2 cm³/mol. The second-order valence-corrected chi connectivity index (χ2v) is 8.56. The van der Waals surface area contributed by atoms with Gasteiger partial charge < -0.3 is 0 Å². The molecule has 86 valence electrons. The molecule has 0 saturated heterocycles. The summed E-state index contributed by atoms with van der Waals surface area (Å²) in [7, 11) is -2.94. The number of hydrogen-bond donors (Lipinski definition) is 0. The number of rotatable bonds is 4. The highest BCUT2D eigenvalue weighted by Crippen LogP contribution is 2.33. The molecule has 0 amide bonds. The Morgan fingerprint density at radius 2 is 1.43 bits per heavy atom. The second-order valence-electron chi connectivity index (χ2n) is 5.82. The van der Waals surface area contributed by atoms with Gasteiger partial charge in [-0.1, -0.05) is 27.7 Å². The van der Waals surface area contributed by atoms with Crippen molar-refractivity contribution in [2.45, 2.75) is 59.1 Å². The zero-order valence-electron chi connectivity index (χ0n) is 10.3. The first kappa shape index (κ1) is 13.9.